The molecule has 1 heterocycles. The predicted octanol–water partition coefficient (Wildman–Crippen LogP) is 1.98. The summed E-state index contributed by atoms with van der Waals surface area (Å²) in [6.07, 6.45) is 5.90. The first kappa shape index (κ1) is 14.3. The fraction of sp³-hybridized carbons (Fsp3) is 0.615. The Kier molecular flexibility index (Phi) is 4.42. The van der Waals surface area contributed by atoms with Crippen LogP contribution in [0.2, 0.25) is 0 Å². The van der Waals surface area contributed by atoms with Crippen molar-refractivity contribution < 1.29 is 8.42 Å². The first-order chi connectivity index (χ1) is 9.03. The summed E-state index contributed by atoms with van der Waals surface area (Å²) in [5.74, 6) is 0.592. The second kappa shape index (κ2) is 5.88. The van der Waals surface area contributed by atoms with E-state index in [1.165, 1.54) is 6.20 Å². The van der Waals surface area contributed by atoms with Gasteiger partial charge in [-0.1, -0.05) is 6.92 Å². The molecule has 1 aromatic heterocycles. The number of pyridine rings is 1. The van der Waals surface area contributed by atoms with Crippen LogP contribution in [0.25, 0.3) is 0 Å². The minimum Gasteiger partial charge on any atom is -0.384 e. The molecule has 19 heavy (non-hydrogen) atoms. The zero-order valence-corrected chi connectivity index (χ0v) is 12.2. The number of hydrogen-bond acceptors (Lipinski definition) is 4. The molecular formula is C13H21N3O2S. The summed E-state index contributed by atoms with van der Waals surface area (Å²) in [7, 11) is -3.49. The number of nitrogens with one attached hydrogen (secondary N) is 2. The molecule has 5 nitrogen and oxygen atoms in total. The van der Waals surface area contributed by atoms with E-state index in [0.717, 1.165) is 19.3 Å². The van der Waals surface area contributed by atoms with Crippen molar-refractivity contribution in [3.05, 3.63) is 18.5 Å². The molecule has 0 spiro atoms. The zero-order valence-electron chi connectivity index (χ0n) is 11.4. The van der Waals surface area contributed by atoms with Gasteiger partial charge in [0.15, 0.2) is 0 Å². The molecule has 0 radical (unpaired) electrons. The Hall–Kier alpha value is -1.14. The molecule has 1 saturated carbocycles. The Bertz CT molecular complexity index is 530. The predicted molar refractivity (Wildman–Crippen MR) is 75.5 cm³/mol. The van der Waals surface area contributed by atoms with Gasteiger partial charge in [0.25, 0.3) is 0 Å². The van der Waals surface area contributed by atoms with Gasteiger partial charge < -0.3 is 5.32 Å². The van der Waals surface area contributed by atoms with Crippen LogP contribution in [0.3, 0.4) is 0 Å². The molecule has 0 amide bonds. The zero-order chi connectivity index (χ0) is 13.9. The van der Waals surface area contributed by atoms with E-state index in [-0.39, 0.29) is 10.9 Å². The molecule has 2 atom stereocenters. The van der Waals surface area contributed by atoms with E-state index in [1.807, 2.05) is 6.92 Å². The average Bonchev–Trinajstić information content (AvgIpc) is 2.75. The fourth-order valence-corrected chi connectivity index (χ4v) is 3.94. The van der Waals surface area contributed by atoms with Crippen LogP contribution in [-0.4, -0.2) is 26.0 Å². The molecule has 1 fully saturated rings. The minimum absolute atomic E-state index is 0.0506. The molecule has 0 bridgehead atoms. The number of anilines is 1. The SMILES string of the molecule is CCNc1ccncc1S(=O)(=O)NC1CCC(C)C1. The van der Waals surface area contributed by atoms with Crippen molar-refractivity contribution in [3.63, 3.8) is 0 Å². The van der Waals surface area contributed by atoms with E-state index in [9.17, 15) is 8.42 Å². The number of hydrogen-bond donors (Lipinski definition) is 2. The minimum atomic E-state index is -3.49. The van der Waals surface area contributed by atoms with Gasteiger partial charge >= 0.3 is 0 Å². The maximum Gasteiger partial charge on any atom is 0.244 e. The van der Waals surface area contributed by atoms with Crippen molar-refractivity contribution in [3.8, 4) is 0 Å². The number of aromatic nitrogens is 1. The van der Waals surface area contributed by atoms with Crippen molar-refractivity contribution in [2.24, 2.45) is 5.92 Å². The van der Waals surface area contributed by atoms with Crippen LogP contribution < -0.4 is 10.0 Å². The van der Waals surface area contributed by atoms with Crippen LogP contribution in [0.5, 0.6) is 0 Å². The van der Waals surface area contributed by atoms with Gasteiger partial charge in [-0.2, -0.15) is 0 Å². The molecule has 2 rings (SSSR count). The maximum atomic E-state index is 12.4. The lowest BCUT2D eigenvalue weighted by Gasteiger charge is -2.15. The van der Waals surface area contributed by atoms with Crippen molar-refractivity contribution in [2.45, 2.75) is 44.0 Å². The van der Waals surface area contributed by atoms with E-state index >= 15 is 0 Å². The largest absolute Gasteiger partial charge is 0.384 e. The molecule has 106 valence electrons. The third-order valence-electron chi connectivity index (χ3n) is 3.46. The molecule has 1 aliphatic rings. The molecule has 1 aliphatic carbocycles. The standard InChI is InChI=1S/C13H21N3O2S/c1-3-15-12-6-7-14-9-13(12)19(17,18)16-11-5-4-10(2)8-11/h6-7,9-11,16H,3-5,8H2,1-2H3,(H,14,15). The lowest BCUT2D eigenvalue weighted by Crippen LogP contribution is -2.33. The molecule has 0 aliphatic heterocycles. The van der Waals surface area contributed by atoms with Gasteiger partial charge in [0.1, 0.15) is 4.90 Å². The highest BCUT2D eigenvalue weighted by Crippen LogP contribution is 2.27. The normalized spacial score (nSPS) is 23.5. The Morgan fingerprint density at radius 3 is 2.84 bits per heavy atom. The van der Waals surface area contributed by atoms with Gasteiger partial charge in [0.05, 0.1) is 5.69 Å². The van der Waals surface area contributed by atoms with E-state index in [1.54, 1.807) is 12.3 Å². The summed E-state index contributed by atoms with van der Waals surface area (Å²) in [5, 5.41) is 3.06. The smallest absolute Gasteiger partial charge is 0.244 e. The molecule has 0 saturated heterocycles. The summed E-state index contributed by atoms with van der Waals surface area (Å²) >= 11 is 0. The van der Waals surface area contributed by atoms with Crippen LogP contribution in [-0.2, 0) is 10.0 Å². The Balaban J connectivity index is 2.19. The summed E-state index contributed by atoms with van der Waals surface area (Å²) < 4.78 is 27.6. The van der Waals surface area contributed by atoms with Crippen LogP contribution in [0.1, 0.15) is 33.1 Å². The first-order valence-electron chi connectivity index (χ1n) is 6.73. The highest BCUT2D eigenvalue weighted by atomic mass is 32.2. The molecule has 1 aromatic rings. The molecule has 0 aromatic carbocycles. The monoisotopic (exact) mass is 283 g/mol. The summed E-state index contributed by atoms with van der Waals surface area (Å²) in [6.45, 7) is 4.76. The van der Waals surface area contributed by atoms with Crippen LogP contribution in [0, 0.1) is 5.92 Å². The van der Waals surface area contributed by atoms with Crippen molar-refractivity contribution in [1.82, 2.24) is 9.71 Å². The lowest BCUT2D eigenvalue weighted by atomic mass is 10.1. The maximum absolute atomic E-state index is 12.4. The summed E-state index contributed by atoms with van der Waals surface area (Å²) in [6, 6.07) is 1.74. The van der Waals surface area contributed by atoms with E-state index in [2.05, 4.69) is 21.9 Å². The topological polar surface area (TPSA) is 71.1 Å². The van der Waals surface area contributed by atoms with E-state index in [4.69, 9.17) is 0 Å². The number of rotatable bonds is 5. The van der Waals surface area contributed by atoms with E-state index in [0.29, 0.717) is 18.2 Å². The lowest BCUT2D eigenvalue weighted by molar-refractivity contribution is 0.538. The fourth-order valence-electron chi connectivity index (χ4n) is 2.53. The second-order valence-electron chi connectivity index (χ2n) is 5.14. The van der Waals surface area contributed by atoms with Crippen LogP contribution in [0.4, 0.5) is 5.69 Å². The molecule has 2 N–H and O–H groups in total. The second-order valence-corrected chi connectivity index (χ2v) is 6.82. The molecule has 2 unspecified atom stereocenters. The van der Waals surface area contributed by atoms with Gasteiger partial charge in [-0.25, -0.2) is 13.1 Å². The van der Waals surface area contributed by atoms with Crippen molar-refractivity contribution in [1.29, 1.82) is 0 Å². The van der Waals surface area contributed by atoms with Crippen LogP contribution >= 0.6 is 0 Å². The van der Waals surface area contributed by atoms with Crippen LogP contribution in [0.15, 0.2) is 23.4 Å². The number of nitrogens with zero attached hydrogens (tertiary/aromatic N) is 1. The Morgan fingerprint density at radius 1 is 1.42 bits per heavy atom. The van der Waals surface area contributed by atoms with E-state index < -0.39 is 10.0 Å². The van der Waals surface area contributed by atoms with Gasteiger partial charge in [-0.3, -0.25) is 4.98 Å². The van der Waals surface area contributed by atoms with Gasteiger partial charge in [-0.15, -0.1) is 0 Å². The first-order valence-corrected chi connectivity index (χ1v) is 8.21. The summed E-state index contributed by atoms with van der Waals surface area (Å²) in [5.41, 5.74) is 0.607. The third-order valence-corrected chi connectivity index (χ3v) is 5.01. The van der Waals surface area contributed by atoms with Crippen molar-refractivity contribution in [2.75, 3.05) is 11.9 Å². The van der Waals surface area contributed by atoms with Gasteiger partial charge in [0, 0.05) is 25.0 Å². The highest BCUT2D eigenvalue weighted by molar-refractivity contribution is 7.89. The highest BCUT2D eigenvalue weighted by Gasteiger charge is 2.27. The average molecular weight is 283 g/mol. The quantitative estimate of drug-likeness (QED) is 0.867. The van der Waals surface area contributed by atoms with Gasteiger partial charge in [-0.05, 0) is 38.2 Å². The molecular weight excluding hydrogens is 262 g/mol. The number of sulfonamides is 1. The Morgan fingerprint density at radius 2 is 2.21 bits per heavy atom. The Labute approximate surface area is 114 Å². The van der Waals surface area contributed by atoms with Crippen molar-refractivity contribution >= 4 is 15.7 Å². The third kappa shape index (κ3) is 3.45. The van der Waals surface area contributed by atoms with Gasteiger partial charge in [0.2, 0.25) is 10.0 Å². The molecule has 6 heteroatoms. The summed E-state index contributed by atoms with van der Waals surface area (Å²) in [4.78, 5) is 4.16.